The third kappa shape index (κ3) is 9.72. The summed E-state index contributed by atoms with van der Waals surface area (Å²) in [5.74, 6) is -0.145. The molecule has 15 heteroatoms. The van der Waals surface area contributed by atoms with Crippen molar-refractivity contribution in [2.75, 3.05) is 28.7 Å². The van der Waals surface area contributed by atoms with Crippen molar-refractivity contribution in [1.82, 2.24) is 9.80 Å². The van der Waals surface area contributed by atoms with E-state index >= 15 is 0 Å². The largest absolute Gasteiger partial charge is 0.417 e. The van der Waals surface area contributed by atoms with Crippen molar-refractivity contribution in [2.24, 2.45) is 5.92 Å². The fraction of sp³-hybridized carbons (Fsp3) is 0.581. The van der Waals surface area contributed by atoms with E-state index in [0.717, 1.165) is 69.2 Å². The molecule has 0 bridgehead atoms. The molecule has 312 valence electrons. The molecule has 2 amide bonds. The normalized spacial score (nSPS) is 26.8. The lowest BCUT2D eigenvalue weighted by molar-refractivity contribution is -0.138. The van der Waals surface area contributed by atoms with Crippen LogP contribution in [0.15, 0.2) is 42.5 Å². The van der Waals surface area contributed by atoms with E-state index in [4.69, 9.17) is 17.0 Å². The molecule has 2 aromatic rings. The summed E-state index contributed by atoms with van der Waals surface area (Å²) in [7, 11) is 0. The molecule has 2 heterocycles. The first-order chi connectivity index (χ1) is 27.5. The summed E-state index contributed by atoms with van der Waals surface area (Å²) in [6, 6.07) is 12.0. The molecule has 0 radical (unpaired) electrons. The summed E-state index contributed by atoms with van der Waals surface area (Å²) in [4.78, 5) is 55.9. The highest BCUT2D eigenvalue weighted by Gasteiger charge is 2.52. The van der Waals surface area contributed by atoms with E-state index in [1.807, 2.05) is 23.1 Å². The number of ketones is 2. The summed E-state index contributed by atoms with van der Waals surface area (Å²) in [6.07, 6.45) is 3.25. The molecule has 2 aliphatic carbocycles. The SMILES string of the molecule is C[C@@H]1CC(OCCCC2CCC(N3C(=S)N(c4ccc(C#N)c(C(F)(F)F)c4)C(=O)C3(C)C)CC2)C[C@H](C)N1CC(=O)Nc1cccc(NC2CCC(=O)CC2=O)c1. The van der Waals surface area contributed by atoms with Crippen molar-refractivity contribution in [2.45, 2.75) is 140 Å². The predicted molar refractivity (Wildman–Crippen MR) is 218 cm³/mol. The number of halogens is 3. The summed E-state index contributed by atoms with van der Waals surface area (Å²) in [5, 5.41) is 15.6. The molecule has 58 heavy (non-hydrogen) atoms. The zero-order valence-corrected chi connectivity index (χ0v) is 34.4. The van der Waals surface area contributed by atoms with Gasteiger partial charge in [-0.15, -0.1) is 0 Å². The third-order valence-corrected chi connectivity index (χ3v) is 12.7. The van der Waals surface area contributed by atoms with Crippen molar-refractivity contribution in [3.63, 3.8) is 0 Å². The molecule has 2 saturated carbocycles. The molecule has 0 aromatic heterocycles. The summed E-state index contributed by atoms with van der Waals surface area (Å²) in [5.41, 5.74) is -1.27. The number of likely N-dealkylation sites (tertiary alicyclic amines) is 1. The molecule has 2 saturated heterocycles. The van der Waals surface area contributed by atoms with E-state index < -0.39 is 34.8 Å². The summed E-state index contributed by atoms with van der Waals surface area (Å²) >= 11 is 5.76. The Kier molecular flexibility index (Phi) is 13.3. The van der Waals surface area contributed by atoms with E-state index in [1.165, 1.54) is 11.0 Å². The molecular formula is C43H53F3N6O5S. The topological polar surface area (TPSA) is 135 Å². The zero-order chi connectivity index (χ0) is 41.9. The van der Waals surface area contributed by atoms with Crippen molar-refractivity contribution >= 4 is 57.8 Å². The van der Waals surface area contributed by atoms with Crippen LogP contribution in [0.3, 0.4) is 0 Å². The number of hydrogen-bond acceptors (Lipinski definition) is 9. The highest BCUT2D eigenvalue weighted by atomic mass is 32.1. The van der Waals surface area contributed by atoms with Gasteiger partial charge in [0.05, 0.1) is 48.0 Å². The molecule has 2 N–H and O–H groups in total. The smallest absolute Gasteiger partial charge is 0.378 e. The average Bonchev–Trinajstić information content (AvgIpc) is 3.34. The lowest BCUT2D eigenvalue weighted by Gasteiger charge is -2.42. The fourth-order valence-corrected chi connectivity index (χ4v) is 9.82. The minimum absolute atomic E-state index is 0.00761. The van der Waals surface area contributed by atoms with E-state index in [2.05, 4.69) is 29.4 Å². The second kappa shape index (κ2) is 17.8. The summed E-state index contributed by atoms with van der Waals surface area (Å²) < 4.78 is 47.6. The number of carbonyl (C=O) groups excluding carboxylic acids is 4. The van der Waals surface area contributed by atoms with E-state index in [1.54, 1.807) is 26.0 Å². The van der Waals surface area contributed by atoms with Crippen LogP contribution < -0.4 is 15.5 Å². The maximum Gasteiger partial charge on any atom is 0.417 e. The van der Waals surface area contributed by atoms with Crippen molar-refractivity contribution in [3.05, 3.63) is 53.6 Å². The highest BCUT2D eigenvalue weighted by Crippen LogP contribution is 2.41. The van der Waals surface area contributed by atoms with Gasteiger partial charge in [-0.05, 0) is 140 Å². The van der Waals surface area contributed by atoms with E-state index in [-0.39, 0.29) is 65.5 Å². The minimum atomic E-state index is -4.75. The monoisotopic (exact) mass is 822 g/mol. The van der Waals surface area contributed by atoms with Crippen LogP contribution in [-0.4, -0.2) is 87.3 Å². The first-order valence-electron chi connectivity index (χ1n) is 20.3. The number of ether oxygens (including phenoxy) is 1. The number of nitrogens with zero attached hydrogens (tertiary/aromatic N) is 4. The van der Waals surface area contributed by atoms with Crippen molar-refractivity contribution in [3.8, 4) is 6.07 Å². The fourth-order valence-electron chi connectivity index (χ4n) is 9.26. The quantitative estimate of drug-likeness (QED) is 0.125. The number of alkyl halides is 3. The molecule has 2 aromatic carbocycles. The molecule has 0 spiro atoms. The number of amides is 2. The molecule has 2 aliphatic heterocycles. The highest BCUT2D eigenvalue weighted by molar-refractivity contribution is 7.80. The number of benzene rings is 2. The standard InChI is InChI=1S/C43H53F3N6O5S/c1-26-19-35(20-27(2)50(26)25-39(55)49-31-9-5-8-30(21-31)48-37-17-16-34(53)23-38(37)54)57-18-6-7-28-10-13-32(14-11-28)52-41(58)51(40(56)42(52,3)4)33-15-12-29(24-47)36(22-33)43(44,45)46/h5,8-9,12,15,21-22,26-28,32,35,37,48H,6-7,10-11,13-14,16-20,23,25H2,1-4H3,(H,49,55)/t26-,27+,28?,32?,35?,37?. The minimum Gasteiger partial charge on any atom is -0.378 e. The Balaban J connectivity index is 0.919. The third-order valence-electron chi connectivity index (χ3n) is 12.3. The van der Waals surface area contributed by atoms with Gasteiger partial charge in [0.15, 0.2) is 10.9 Å². The Morgan fingerprint density at radius 2 is 1.69 bits per heavy atom. The van der Waals surface area contributed by atoms with Gasteiger partial charge >= 0.3 is 6.18 Å². The Bertz CT molecular complexity index is 1930. The molecular weight excluding hydrogens is 770 g/mol. The Hall–Kier alpha value is -4.39. The lowest BCUT2D eigenvalue weighted by Crippen LogP contribution is -2.51. The Labute approximate surface area is 343 Å². The second-order valence-electron chi connectivity index (χ2n) is 16.9. The van der Waals surface area contributed by atoms with Crippen molar-refractivity contribution < 1.29 is 37.1 Å². The number of piperidine rings is 1. The number of nitriles is 1. The number of anilines is 3. The molecule has 2 unspecified atom stereocenters. The van der Waals surface area contributed by atoms with Gasteiger partial charge in [0.2, 0.25) is 5.91 Å². The zero-order valence-electron chi connectivity index (χ0n) is 33.6. The molecule has 4 fully saturated rings. The van der Waals surface area contributed by atoms with Crippen LogP contribution in [0.5, 0.6) is 0 Å². The van der Waals surface area contributed by atoms with Gasteiger partial charge in [0, 0.05) is 42.5 Å². The molecule has 6 rings (SSSR count). The van der Waals surface area contributed by atoms with Crippen LogP contribution in [-0.2, 0) is 30.1 Å². The Morgan fingerprint density at radius 1 is 1.00 bits per heavy atom. The maximum atomic E-state index is 13.7. The van der Waals surface area contributed by atoms with Gasteiger partial charge in [0.1, 0.15) is 11.3 Å². The lowest BCUT2D eigenvalue weighted by atomic mass is 9.82. The predicted octanol–water partition coefficient (Wildman–Crippen LogP) is 7.63. The number of carbonyl (C=O) groups is 4. The van der Waals surface area contributed by atoms with Gasteiger partial charge in [0.25, 0.3) is 5.91 Å². The van der Waals surface area contributed by atoms with Crippen LogP contribution in [0.2, 0.25) is 0 Å². The molecule has 4 aliphatic rings. The maximum absolute atomic E-state index is 13.7. The first-order valence-corrected chi connectivity index (χ1v) is 20.7. The number of nitrogens with one attached hydrogen (secondary N) is 2. The van der Waals surface area contributed by atoms with Gasteiger partial charge in [-0.2, -0.15) is 18.4 Å². The van der Waals surface area contributed by atoms with Gasteiger partial charge < -0.3 is 20.3 Å². The van der Waals surface area contributed by atoms with Crippen LogP contribution in [0.4, 0.5) is 30.2 Å². The van der Waals surface area contributed by atoms with Gasteiger partial charge in [-0.25, -0.2) is 0 Å². The average molecular weight is 823 g/mol. The van der Waals surface area contributed by atoms with Crippen LogP contribution in [0.25, 0.3) is 0 Å². The van der Waals surface area contributed by atoms with Crippen LogP contribution in [0, 0.1) is 17.2 Å². The number of rotatable bonds is 12. The second-order valence-corrected chi connectivity index (χ2v) is 17.3. The number of hydrogen-bond donors (Lipinski definition) is 2. The van der Waals surface area contributed by atoms with Crippen molar-refractivity contribution in [1.29, 1.82) is 5.26 Å². The number of thiocarbonyl (C=S) groups is 1. The number of Topliss-reactive ketones (excluding diaryl/α,β-unsaturated/α-hetero) is 2. The van der Waals surface area contributed by atoms with E-state index in [9.17, 15) is 37.6 Å². The summed E-state index contributed by atoms with van der Waals surface area (Å²) in [6.45, 7) is 8.66. The van der Waals surface area contributed by atoms with Crippen LogP contribution in [0.1, 0.15) is 109 Å². The van der Waals surface area contributed by atoms with Gasteiger partial charge in [-0.1, -0.05) is 6.07 Å². The molecule has 4 atom stereocenters. The van der Waals surface area contributed by atoms with Crippen LogP contribution >= 0.6 is 12.2 Å². The van der Waals surface area contributed by atoms with E-state index in [0.29, 0.717) is 31.1 Å². The Morgan fingerprint density at radius 3 is 2.34 bits per heavy atom. The molecule has 11 nitrogen and oxygen atoms in total. The first kappa shape index (κ1) is 43.2. The van der Waals surface area contributed by atoms with Gasteiger partial charge in [-0.3, -0.25) is 29.0 Å².